The summed E-state index contributed by atoms with van der Waals surface area (Å²) in [6, 6.07) is 0. The molecule has 0 aromatic carbocycles. The first-order chi connectivity index (χ1) is 5.39. The quantitative estimate of drug-likeness (QED) is 0.653. The molecule has 0 heterocycles. The number of alkyl halides is 3. The zero-order chi connectivity index (χ0) is 9.78. The van der Waals surface area contributed by atoms with Crippen LogP contribution in [-0.2, 0) is 4.79 Å². The van der Waals surface area contributed by atoms with Crippen LogP contribution in [0.15, 0.2) is 0 Å². The number of carbonyl (C=O) groups is 1. The van der Waals surface area contributed by atoms with Gasteiger partial charge >= 0.3 is 12.1 Å². The van der Waals surface area contributed by atoms with Gasteiger partial charge in [0.15, 0.2) is 0 Å². The summed E-state index contributed by atoms with van der Waals surface area (Å²) in [5, 5.41) is 0. The van der Waals surface area contributed by atoms with E-state index in [0.717, 1.165) is 13.5 Å². The van der Waals surface area contributed by atoms with E-state index in [2.05, 4.69) is 0 Å². The molecule has 0 N–H and O–H groups in total. The van der Waals surface area contributed by atoms with Gasteiger partial charge in [-0.15, -0.1) is 0 Å². The second-order valence-corrected chi connectivity index (χ2v) is 2.58. The maximum Gasteiger partial charge on any atom is 0.471 e. The van der Waals surface area contributed by atoms with Gasteiger partial charge in [-0.05, 0) is 6.42 Å². The zero-order valence-electron chi connectivity index (χ0n) is 7.11. The Labute approximate surface area is 69.3 Å². The summed E-state index contributed by atoms with van der Waals surface area (Å²) in [6.45, 7) is 2.01. The third kappa shape index (κ3) is 3.59. The van der Waals surface area contributed by atoms with Crippen LogP contribution in [0.5, 0.6) is 0 Å². The normalized spacial score (nSPS) is 11.4. The van der Waals surface area contributed by atoms with Crippen molar-refractivity contribution in [3.8, 4) is 0 Å². The van der Waals surface area contributed by atoms with Crippen LogP contribution in [0.2, 0.25) is 0 Å². The summed E-state index contributed by atoms with van der Waals surface area (Å²) < 4.78 is 35.2. The van der Waals surface area contributed by atoms with Crippen molar-refractivity contribution in [3.05, 3.63) is 0 Å². The Kier molecular flexibility index (Phi) is 4.06. The second-order valence-electron chi connectivity index (χ2n) is 2.58. The van der Waals surface area contributed by atoms with Crippen molar-refractivity contribution in [3.63, 3.8) is 0 Å². The molecule has 0 aliphatic heterocycles. The van der Waals surface area contributed by atoms with Gasteiger partial charge in [0, 0.05) is 13.6 Å². The second kappa shape index (κ2) is 4.33. The molecule has 0 aliphatic carbocycles. The van der Waals surface area contributed by atoms with Gasteiger partial charge in [0.2, 0.25) is 0 Å². The first kappa shape index (κ1) is 11.3. The highest BCUT2D eigenvalue weighted by atomic mass is 19.4. The highest BCUT2D eigenvalue weighted by Crippen LogP contribution is 2.17. The fourth-order valence-corrected chi connectivity index (χ4v) is 0.713. The number of amides is 1. The number of nitrogens with zero attached hydrogens (tertiary/aromatic N) is 1. The summed E-state index contributed by atoms with van der Waals surface area (Å²) in [4.78, 5) is 11.2. The topological polar surface area (TPSA) is 20.3 Å². The smallest absolute Gasteiger partial charge is 0.338 e. The van der Waals surface area contributed by atoms with E-state index >= 15 is 0 Å². The van der Waals surface area contributed by atoms with E-state index in [1.54, 1.807) is 0 Å². The van der Waals surface area contributed by atoms with Crippen LogP contribution in [0.3, 0.4) is 0 Å². The highest BCUT2D eigenvalue weighted by Gasteiger charge is 2.40. The Bertz CT molecular complexity index is 155. The predicted octanol–water partition coefficient (Wildman–Crippen LogP) is 1.81. The third-order valence-corrected chi connectivity index (χ3v) is 1.44. The fraction of sp³-hybridized carbons (Fsp3) is 0.857. The molecule has 0 spiro atoms. The zero-order valence-corrected chi connectivity index (χ0v) is 7.11. The lowest BCUT2D eigenvalue weighted by atomic mass is 10.3. The number of halogens is 3. The van der Waals surface area contributed by atoms with Gasteiger partial charge in [0.1, 0.15) is 0 Å². The number of rotatable bonds is 3. The molecule has 0 saturated heterocycles. The van der Waals surface area contributed by atoms with Crippen molar-refractivity contribution in [2.24, 2.45) is 0 Å². The van der Waals surface area contributed by atoms with Gasteiger partial charge in [-0.25, -0.2) is 0 Å². The van der Waals surface area contributed by atoms with Crippen LogP contribution in [0.4, 0.5) is 13.2 Å². The minimum Gasteiger partial charge on any atom is -0.338 e. The molecule has 72 valence electrons. The average molecular weight is 183 g/mol. The van der Waals surface area contributed by atoms with Crippen molar-refractivity contribution >= 4 is 5.91 Å². The Balaban J connectivity index is 3.94. The van der Waals surface area contributed by atoms with Crippen molar-refractivity contribution in [2.75, 3.05) is 13.6 Å². The van der Waals surface area contributed by atoms with E-state index in [9.17, 15) is 18.0 Å². The maximum absolute atomic E-state index is 11.7. The molecule has 0 saturated carbocycles. The van der Waals surface area contributed by atoms with Crippen LogP contribution in [0, 0.1) is 0 Å². The van der Waals surface area contributed by atoms with Crippen LogP contribution in [-0.4, -0.2) is 30.6 Å². The van der Waals surface area contributed by atoms with Crippen molar-refractivity contribution in [2.45, 2.75) is 25.9 Å². The molecule has 0 aromatic rings. The molecule has 0 aliphatic rings. The summed E-state index contributed by atoms with van der Waals surface area (Å²) >= 11 is 0. The van der Waals surface area contributed by atoms with Crippen molar-refractivity contribution in [1.82, 2.24) is 4.90 Å². The van der Waals surface area contributed by atoms with Crippen LogP contribution >= 0.6 is 0 Å². The van der Waals surface area contributed by atoms with Crippen molar-refractivity contribution in [1.29, 1.82) is 0 Å². The van der Waals surface area contributed by atoms with Gasteiger partial charge < -0.3 is 4.90 Å². The van der Waals surface area contributed by atoms with Gasteiger partial charge in [0.05, 0.1) is 0 Å². The molecule has 12 heavy (non-hydrogen) atoms. The van der Waals surface area contributed by atoms with Gasteiger partial charge in [-0.2, -0.15) is 13.2 Å². The average Bonchev–Trinajstić information content (AvgIpc) is 1.97. The van der Waals surface area contributed by atoms with E-state index in [-0.39, 0.29) is 6.54 Å². The van der Waals surface area contributed by atoms with E-state index in [1.807, 2.05) is 6.92 Å². The number of unbranched alkanes of at least 4 members (excludes halogenated alkanes) is 1. The van der Waals surface area contributed by atoms with Gasteiger partial charge in [-0.1, -0.05) is 13.3 Å². The standard InChI is InChI=1S/C7H12F3NO/c1-3-4-5-11(2)6(12)7(8,9)10/h3-5H2,1-2H3. The number of hydrogen-bond donors (Lipinski definition) is 0. The lowest BCUT2D eigenvalue weighted by molar-refractivity contribution is -0.184. The molecule has 2 nitrogen and oxygen atoms in total. The molecule has 0 aromatic heterocycles. The fourth-order valence-electron chi connectivity index (χ4n) is 0.713. The van der Waals surface area contributed by atoms with Gasteiger partial charge in [-0.3, -0.25) is 4.79 Å². The van der Waals surface area contributed by atoms with E-state index in [0.29, 0.717) is 11.3 Å². The van der Waals surface area contributed by atoms with E-state index in [1.165, 1.54) is 0 Å². The monoisotopic (exact) mass is 183 g/mol. The lowest BCUT2D eigenvalue weighted by Crippen LogP contribution is -2.38. The SMILES string of the molecule is CCCCN(C)C(=O)C(F)(F)F. The largest absolute Gasteiger partial charge is 0.471 e. The van der Waals surface area contributed by atoms with Crippen LogP contribution in [0.1, 0.15) is 19.8 Å². The summed E-state index contributed by atoms with van der Waals surface area (Å²) in [6.07, 6.45) is -3.36. The van der Waals surface area contributed by atoms with E-state index < -0.39 is 12.1 Å². The molecule has 0 bridgehead atoms. The first-order valence-electron chi connectivity index (χ1n) is 3.72. The summed E-state index contributed by atoms with van der Waals surface area (Å²) in [5.74, 6) is -1.77. The van der Waals surface area contributed by atoms with Gasteiger partial charge in [0.25, 0.3) is 0 Å². The summed E-state index contributed by atoms with van der Waals surface area (Å²) in [7, 11) is 1.16. The number of carbonyl (C=O) groups excluding carboxylic acids is 1. The Morgan fingerprint density at radius 3 is 2.25 bits per heavy atom. The molecule has 5 heteroatoms. The third-order valence-electron chi connectivity index (χ3n) is 1.44. The molecule has 0 atom stereocenters. The highest BCUT2D eigenvalue weighted by molar-refractivity contribution is 5.81. The molecule has 0 fully saturated rings. The molecule has 1 amide bonds. The molecular formula is C7H12F3NO. The Morgan fingerprint density at radius 2 is 1.92 bits per heavy atom. The first-order valence-corrected chi connectivity index (χ1v) is 3.72. The predicted molar refractivity (Wildman–Crippen MR) is 38.6 cm³/mol. The number of hydrogen-bond acceptors (Lipinski definition) is 1. The molecule has 0 radical (unpaired) electrons. The van der Waals surface area contributed by atoms with Crippen LogP contribution in [0.25, 0.3) is 0 Å². The molecule has 0 unspecified atom stereocenters. The Morgan fingerprint density at radius 1 is 1.42 bits per heavy atom. The summed E-state index contributed by atoms with van der Waals surface area (Å²) in [5.41, 5.74) is 0. The minimum absolute atomic E-state index is 0.162. The maximum atomic E-state index is 11.7. The van der Waals surface area contributed by atoms with Crippen LogP contribution < -0.4 is 0 Å². The van der Waals surface area contributed by atoms with Crippen molar-refractivity contribution < 1.29 is 18.0 Å². The van der Waals surface area contributed by atoms with E-state index in [4.69, 9.17) is 0 Å². The molecule has 0 rings (SSSR count). The minimum atomic E-state index is -4.73. The Hall–Kier alpha value is -0.740. The molecular weight excluding hydrogens is 171 g/mol. The lowest BCUT2D eigenvalue weighted by Gasteiger charge is -2.17.